The van der Waals surface area contributed by atoms with Gasteiger partial charge in [0.2, 0.25) is 0 Å². The van der Waals surface area contributed by atoms with Gasteiger partial charge in [-0.25, -0.2) is 18.7 Å². The van der Waals surface area contributed by atoms with Gasteiger partial charge >= 0.3 is 0 Å². The first-order valence-electron chi connectivity index (χ1n) is 11.2. The van der Waals surface area contributed by atoms with Crippen LogP contribution in [0.5, 0.6) is 5.75 Å². The van der Waals surface area contributed by atoms with Gasteiger partial charge in [0.1, 0.15) is 41.2 Å². The highest BCUT2D eigenvalue weighted by Gasteiger charge is 2.44. The van der Waals surface area contributed by atoms with E-state index in [-0.39, 0.29) is 60.2 Å². The van der Waals surface area contributed by atoms with Crippen LogP contribution in [0.1, 0.15) is 18.4 Å². The van der Waals surface area contributed by atoms with E-state index in [9.17, 15) is 9.65 Å². The average molecular weight is 511 g/mol. The number of nitrogen functional groups attached to an aromatic ring is 1. The fraction of sp³-hybridized carbons (Fsp3) is 0.292. The van der Waals surface area contributed by atoms with Gasteiger partial charge in [-0.1, -0.05) is 17.7 Å². The van der Waals surface area contributed by atoms with Gasteiger partial charge in [0.05, 0.1) is 26.7 Å². The van der Waals surface area contributed by atoms with E-state index in [1.165, 1.54) is 18.5 Å². The Hall–Kier alpha value is -3.26. The predicted octanol–water partition coefficient (Wildman–Crippen LogP) is 4.60. The van der Waals surface area contributed by atoms with Gasteiger partial charge in [0.25, 0.3) is 0 Å². The largest absolute Gasteiger partial charge is 0.489 e. The van der Waals surface area contributed by atoms with Crippen molar-refractivity contribution in [2.45, 2.75) is 31.0 Å². The van der Waals surface area contributed by atoms with Crippen molar-refractivity contribution in [3.05, 3.63) is 40.7 Å². The molecule has 11 heteroatoms. The third kappa shape index (κ3) is 2.77. The van der Waals surface area contributed by atoms with E-state index >= 15 is 4.39 Å². The Kier molecular flexibility index (Phi) is 4.43. The van der Waals surface area contributed by atoms with Crippen molar-refractivity contribution in [1.29, 1.82) is 5.26 Å². The van der Waals surface area contributed by atoms with Crippen LogP contribution in [0.25, 0.3) is 32.1 Å². The monoisotopic (exact) mass is 510 g/mol. The number of nitrogens with two attached hydrogens (primary N) is 1. The third-order valence-corrected chi connectivity index (χ3v) is 8.72. The van der Waals surface area contributed by atoms with E-state index in [0.29, 0.717) is 23.9 Å². The molecule has 0 saturated carbocycles. The summed E-state index contributed by atoms with van der Waals surface area (Å²) in [5, 5.41) is 14.2. The molecule has 3 aliphatic heterocycles. The topological polar surface area (TPSA) is 100 Å². The highest BCUT2D eigenvalue weighted by atomic mass is 35.5. The molecule has 0 radical (unpaired) electrons. The maximum atomic E-state index is 16.3. The van der Waals surface area contributed by atoms with Crippen LogP contribution < -0.4 is 20.7 Å². The van der Waals surface area contributed by atoms with Crippen molar-refractivity contribution in [3.8, 4) is 22.9 Å². The summed E-state index contributed by atoms with van der Waals surface area (Å²) in [5.41, 5.74) is 6.41. The Labute approximate surface area is 207 Å². The molecule has 2 bridgehead atoms. The SMILES string of the molecule is N#Cc1c(N)sc2c(F)ccc(-c3c(Cl)c4c5c(ncnc5c3F)N3C[C@H]5CC[C@H](N5)[C@@H]3CO4)c12. The predicted molar refractivity (Wildman–Crippen MR) is 131 cm³/mol. The second kappa shape index (κ2) is 7.37. The third-order valence-electron chi connectivity index (χ3n) is 7.33. The molecule has 7 nitrogen and oxygen atoms in total. The second-order valence-corrected chi connectivity index (χ2v) is 10.5. The van der Waals surface area contributed by atoms with Crippen molar-refractivity contribution >= 4 is 54.7 Å². The van der Waals surface area contributed by atoms with Crippen LogP contribution in [0.2, 0.25) is 5.02 Å². The zero-order valence-electron chi connectivity index (χ0n) is 18.1. The summed E-state index contributed by atoms with van der Waals surface area (Å²) >= 11 is 7.81. The maximum absolute atomic E-state index is 16.3. The molecule has 2 fully saturated rings. The molecule has 0 spiro atoms. The summed E-state index contributed by atoms with van der Waals surface area (Å²) in [6.45, 7) is 1.07. The number of halogens is 3. The lowest BCUT2D eigenvalue weighted by molar-refractivity contribution is 0.244. The lowest BCUT2D eigenvalue weighted by Gasteiger charge is -2.40. The Balaban J connectivity index is 1.54. The first-order valence-corrected chi connectivity index (χ1v) is 12.4. The fourth-order valence-corrected chi connectivity index (χ4v) is 7.08. The molecule has 5 heterocycles. The van der Waals surface area contributed by atoms with Crippen LogP contribution in [-0.4, -0.2) is 41.2 Å². The van der Waals surface area contributed by atoms with Crippen molar-refractivity contribution < 1.29 is 13.5 Å². The quantitative estimate of drug-likeness (QED) is 0.386. The summed E-state index contributed by atoms with van der Waals surface area (Å²) in [4.78, 5) is 11.0. The van der Waals surface area contributed by atoms with Crippen LogP contribution in [0.4, 0.5) is 19.6 Å². The molecule has 2 aromatic heterocycles. The Bertz CT molecular complexity index is 1620. The highest BCUT2D eigenvalue weighted by molar-refractivity contribution is 7.23. The van der Waals surface area contributed by atoms with Gasteiger partial charge in [-0.3, -0.25) is 0 Å². The molecular formula is C24H17ClF2N6OS. The highest BCUT2D eigenvalue weighted by Crippen LogP contribution is 2.51. The van der Waals surface area contributed by atoms with Gasteiger partial charge in [0.15, 0.2) is 11.6 Å². The van der Waals surface area contributed by atoms with Crippen LogP contribution in [-0.2, 0) is 0 Å². The van der Waals surface area contributed by atoms with Crippen LogP contribution in [0.15, 0.2) is 18.5 Å². The van der Waals surface area contributed by atoms with Crippen molar-refractivity contribution in [1.82, 2.24) is 15.3 Å². The Morgan fingerprint density at radius 1 is 1.26 bits per heavy atom. The zero-order chi connectivity index (χ0) is 24.0. The summed E-state index contributed by atoms with van der Waals surface area (Å²) in [7, 11) is 0. The molecule has 0 amide bonds. The molecule has 176 valence electrons. The number of nitriles is 1. The van der Waals surface area contributed by atoms with E-state index in [4.69, 9.17) is 22.1 Å². The van der Waals surface area contributed by atoms with E-state index in [2.05, 4.69) is 20.2 Å². The molecule has 0 aliphatic carbocycles. The molecule has 7 rings (SSSR count). The number of piperazine rings is 1. The summed E-state index contributed by atoms with van der Waals surface area (Å²) in [6, 6.07) is 5.25. The second-order valence-electron chi connectivity index (χ2n) is 9.08. The van der Waals surface area contributed by atoms with E-state index in [1.807, 2.05) is 6.07 Å². The number of aromatic nitrogens is 2. The molecule has 3 aliphatic rings. The van der Waals surface area contributed by atoms with Gasteiger partial charge in [-0.15, -0.1) is 11.3 Å². The fourth-order valence-electron chi connectivity index (χ4n) is 5.79. The minimum absolute atomic E-state index is 0.00219. The molecular weight excluding hydrogens is 494 g/mol. The number of rotatable bonds is 1. The first-order chi connectivity index (χ1) is 17.0. The maximum Gasteiger partial charge on any atom is 0.159 e. The Morgan fingerprint density at radius 2 is 2.11 bits per heavy atom. The van der Waals surface area contributed by atoms with Gasteiger partial charge in [-0.05, 0) is 24.5 Å². The number of fused-ring (bicyclic) bond motifs is 6. The van der Waals surface area contributed by atoms with E-state index < -0.39 is 11.6 Å². The minimum atomic E-state index is -0.681. The Morgan fingerprint density at radius 3 is 2.94 bits per heavy atom. The minimum Gasteiger partial charge on any atom is -0.489 e. The molecule has 35 heavy (non-hydrogen) atoms. The van der Waals surface area contributed by atoms with Crippen molar-refractivity contribution in [2.75, 3.05) is 23.8 Å². The first kappa shape index (κ1) is 21.1. The number of nitrogens with zero attached hydrogens (tertiary/aromatic N) is 4. The molecule has 3 N–H and O–H groups in total. The molecule has 3 atom stereocenters. The molecule has 4 aromatic rings. The average Bonchev–Trinajstić information content (AvgIpc) is 3.35. The summed E-state index contributed by atoms with van der Waals surface area (Å²) in [6.07, 6.45) is 3.44. The van der Waals surface area contributed by atoms with Gasteiger partial charge < -0.3 is 20.7 Å². The smallest absolute Gasteiger partial charge is 0.159 e. The van der Waals surface area contributed by atoms with Crippen molar-refractivity contribution in [3.63, 3.8) is 0 Å². The zero-order valence-corrected chi connectivity index (χ0v) is 19.7. The molecule has 2 saturated heterocycles. The van der Waals surface area contributed by atoms with Crippen molar-refractivity contribution in [2.24, 2.45) is 0 Å². The number of nitrogens with one attached hydrogen (secondary N) is 1. The lowest BCUT2D eigenvalue weighted by Crippen LogP contribution is -2.60. The van der Waals surface area contributed by atoms with Gasteiger partial charge in [-0.2, -0.15) is 5.26 Å². The van der Waals surface area contributed by atoms with Gasteiger partial charge in [0, 0.05) is 29.6 Å². The number of hydrogen-bond donors (Lipinski definition) is 2. The number of ether oxygens (including phenoxy) is 1. The van der Waals surface area contributed by atoms with E-state index in [0.717, 1.165) is 30.7 Å². The molecule has 2 aromatic carbocycles. The number of benzene rings is 2. The van der Waals surface area contributed by atoms with Crippen LogP contribution >= 0.6 is 22.9 Å². The number of anilines is 2. The summed E-state index contributed by atoms with van der Waals surface area (Å²) in [5.74, 6) is -0.338. The normalized spacial score (nSPS) is 22.7. The van der Waals surface area contributed by atoms with Crippen LogP contribution in [0.3, 0.4) is 0 Å². The number of hydrogen-bond acceptors (Lipinski definition) is 8. The summed E-state index contributed by atoms with van der Waals surface area (Å²) < 4.78 is 37.3. The standard InChI is InChI=1S/C24H17ClF2N6OS/c25-18-16(10-2-3-12(26)22-15(10)11(5-28)23(29)35-22)19(27)20-17-21(18)34-7-14-13-4-1-9(32-13)6-33(14)24(17)31-8-30-20/h2-3,8-9,13-14,32H,1,4,6-7,29H2/t9-,13+,14+/m1/s1. The molecule has 0 unspecified atom stereocenters. The lowest BCUT2D eigenvalue weighted by atomic mass is 9.96. The van der Waals surface area contributed by atoms with E-state index in [1.54, 1.807) is 0 Å². The van der Waals surface area contributed by atoms with Crippen LogP contribution in [0, 0.1) is 23.0 Å². The number of thiophene rings is 1.